The second-order valence-corrected chi connectivity index (χ2v) is 14.9. The van der Waals surface area contributed by atoms with Crippen molar-refractivity contribution in [2.75, 3.05) is 0 Å². The van der Waals surface area contributed by atoms with Crippen LogP contribution in [0.4, 0.5) is 0 Å². The highest BCUT2D eigenvalue weighted by atomic mass is 16.5. The van der Waals surface area contributed by atoms with Crippen LogP contribution in [0.1, 0.15) is 34.3 Å². The first-order valence-corrected chi connectivity index (χ1v) is 19.5. The van der Waals surface area contributed by atoms with Crippen LogP contribution < -0.4 is 0 Å². The fourth-order valence-electron chi connectivity index (χ4n) is 9.06. The number of hydrogen-bond donors (Lipinski definition) is 2. The molecule has 0 aliphatic carbocycles. The molecule has 6 aromatic heterocycles. The number of benzene rings is 5. The maximum absolute atomic E-state index is 8.00. The van der Waals surface area contributed by atoms with Crippen molar-refractivity contribution in [3.8, 4) is 0 Å². The molecule has 7 heterocycles. The molecule has 2 N–H and O–H groups in total. The molecule has 9 heteroatoms. The Hall–Kier alpha value is -8.04. The number of hydrogen-bond acceptors (Lipinski definition) is 7. The smallest absolute Gasteiger partial charge is 0.214 e. The summed E-state index contributed by atoms with van der Waals surface area (Å²) >= 11 is 0. The van der Waals surface area contributed by atoms with E-state index in [0.29, 0.717) is 34.2 Å². The highest BCUT2D eigenvalue weighted by Gasteiger charge is 2.70. The predicted molar refractivity (Wildman–Crippen MR) is 231 cm³/mol. The van der Waals surface area contributed by atoms with Crippen LogP contribution in [0.5, 0.6) is 0 Å². The number of aromatic amines is 2. The molecule has 0 saturated carbocycles. The van der Waals surface area contributed by atoms with Gasteiger partial charge in [0, 0.05) is 51.5 Å². The van der Waals surface area contributed by atoms with Gasteiger partial charge in [0.2, 0.25) is 5.60 Å². The molecule has 2 atom stereocenters. The van der Waals surface area contributed by atoms with Gasteiger partial charge >= 0.3 is 0 Å². The number of H-pyrrole nitrogens is 2. The van der Waals surface area contributed by atoms with E-state index in [1.54, 1.807) is 0 Å². The van der Waals surface area contributed by atoms with E-state index in [1.807, 2.05) is 134 Å². The lowest BCUT2D eigenvalue weighted by molar-refractivity contribution is 0.0437. The number of nitrogens with zero attached hydrogens (tertiary/aromatic N) is 6. The fourth-order valence-corrected chi connectivity index (χ4v) is 9.06. The van der Waals surface area contributed by atoms with Gasteiger partial charge in [0.1, 0.15) is 11.4 Å². The van der Waals surface area contributed by atoms with E-state index in [4.69, 9.17) is 34.6 Å². The summed E-state index contributed by atoms with van der Waals surface area (Å²) in [5.74, 6) is 0.993. The van der Waals surface area contributed by atoms with E-state index in [-0.39, 0.29) is 0 Å². The topological polar surface area (TPSA) is 118 Å². The first-order chi connectivity index (χ1) is 29.2. The van der Waals surface area contributed by atoms with Crippen LogP contribution >= 0.6 is 0 Å². The molecule has 278 valence electrons. The third-order valence-corrected chi connectivity index (χ3v) is 11.7. The highest BCUT2D eigenvalue weighted by Crippen LogP contribution is 2.66. The van der Waals surface area contributed by atoms with Gasteiger partial charge in [-0.15, -0.1) is 0 Å². The van der Waals surface area contributed by atoms with Gasteiger partial charge < -0.3 is 14.7 Å². The molecule has 1 aliphatic rings. The Morgan fingerprint density at radius 2 is 1.24 bits per heavy atom. The van der Waals surface area contributed by atoms with Crippen LogP contribution in [0.3, 0.4) is 0 Å². The predicted octanol–water partition coefficient (Wildman–Crippen LogP) is 10.3. The van der Waals surface area contributed by atoms with Crippen molar-refractivity contribution in [2.45, 2.75) is 11.0 Å². The third kappa shape index (κ3) is 4.79. The molecule has 12 rings (SSSR count). The Bertz CT molecular complexity index is 3430. The zero-order valence-electron chi connectivity index (χ0n) is 31.4. The second-order valence-electron chi connectivity index (χ2n) is 14.9. The van der Waals surface area contributed by atoms with Crippen LogP contribution in [0, 0.1) is 0 Å². The van der Waals surface area contributed by atoms with Crippen molar-refractivity contribution < 1.29 is 4.74 Å². The van der Waals surface area contributed by atoms with Crippen LogP contribution in [0.25, 0.3) is 65.8 Å². The lowest BCUT2D eigenvalue weighted by atomic mass is 9.61. The highest BCUT2D eigenvalue weighted by molar-refractivity contribution is 6.05. The number of para-hydroxylation sites is 5. The van der Waals surface area contributed by atoms with E-state index < -0.39 is 11.0 Å². The molecule has 0 spiro atoms. The molecule has 59 heavy (non-hydrogen) atoms. The normalized spacial score (nSPS) is 18.0. The van der Waals surface area contributed by atoms with E-state index in [9.17, 15) is 0 Å². The van der Waals surface area contributed by atoms with Gasteiger partial charge in [-0.1, -0.05) is 97.1 Å². The van der Waals surface area contributed by atoms with E-state index in [2.05, 4.69) is 58.5 Å². The Labute approximate surface area is 337 Å². The largest absolute Gasteiger partial charge is 0.470 e. The van der Waals surface area contributed by atoms with Gasteiger partial charge in [-0.2, -0.15) is 0 Å². The summed E-state index contributed by atoms with van der Waals surface area (Å²) < 4.78 is 8.00. The monoisotopic (exact) mass is 760 g/mol. The van der Waals surface area contributed by atoms with Gasteiger partial charge in [-0.05, 0) is 71.4 Å². The second kappa shape index (κ2) is 12.7. The Morgan fingerprint density at radius 1 is 0.508 bits per heavy atom. The average molecular weight is 761 g/mol. The van der Waals surface area contributed by atoms with Crippen molar-refractivity contribution in [3.05, 3.63) is 217 Å². The molecule has 0 radical (unpaired) electrons. The molecular weight excluding hydrogens is 729 g/mol. The number of nitrogens with one attached hydrogen (secondary N) is 2. The van der Waals surface area contributed by atoms with Crippen LogP contribution in [0.15, 0.2) is 183 Å². The molecular formula is C50H32N8O. The number of fused-ring (bicyclic) bond motifs is 5. The van der Waals surface area contributed by atoms with Crippen LogP contribution in [0.2, 0.25) is 0 Å². The zero-order valence-corrected chi connectivity index (χ0v) is 31.4. The van der Waals surface area contributed by atoms with Crippen molar-refractivity contribution in [2.24, 2.45) is 0 Å². The maximum atomic E-state index is 8.00. The van der Waals surface area contributed by atoms with E-state index in [0.717, 1.165) is 66.0 Å². The number of ether oxygens (including phenoxy) is 1. The lowest BCUT2D eigenvalue weighted by Crippen LogP contribution is -2.52. The molecule has 0 fully saturated rings. The van der Waals surface area contributed by atoms with Gasteiger partial charge in [0.05, 0.1) is 39.7 Å². The maximum Gasteiger partial charge on any atom is 0.214 e. The summed E-state index contributed by atoms with van der Waals surface area (Å²) in [7, 11) is 0. The molecule has 1 aliphatic heterocycles. The first-order valence-electron chi connectivity index (χ1n) is 19.5. The summed E-state index contributed by atoms with van der Waals surface area (Å²) in [5.41, 5.74) is 5.10. The van der Waals surface area contributed by atoms with Crippen molar-refractivity contribution in [1.29, 1.82) is 0 Å². The van der Waals surface area contributed by atoms with Gasteiger partial charge in [0.25, 0.3) is 0 Å². The van der Waals surface area contributed by atoms with E-state index in [1.165, 1.54) is 0 Å². The summed E-state index contributed by atoms with van der Waals surface area (Å²) in [6.45, 7) is 0. The summed E-state index contributed by atoms with van der Waals surface area (Å²) in [6, 6.07) is 53.0. The standard InChI is InChI=1S/C50H32N8O/c1-5-16-35-31(12-1)25-27-52-46(35)45-47(41-24-23-32-13-2-6-17-36(32)55-41)59-50(43-28-33-14-3-7-18-37(33)56-43,44-30-53-39-20-9-10-21-40(39)57-44)49(45,42-22-11-26-51-42)48-54-29-34-15-4-8-19-38(34)58-48/h1-30,51,56H. The first kappa shape index (κ1) is 33.1. The summed E-state index contributed by atoms with van der Waals surface area (Å²) in [4.78, 5) is 39.6. The molecule has 2 unspecified atom stereocenters. The van der Waals surface area contributed by atoms with Crippen molar-refractivity contribution in [3.63, 3.8) is 0 Å². The molecule has 5 aromatic carbocycles. The van der Waals surface area contributed by atoms with E-state index >= 15 is 0 Å². The summed E-state index contributed by atoms with van der Waals surface area (Å²) in [6.07, 6.45) is 7.51. The van der Waals surface area contributed by atoms with Gasteiger partial charge in [-0.25, -0.2) is 19.9 Å². The molecule has 0 bridgehead atoms. The Kier molecular flexibility index (Phi) is 7.15. The van der Waals surface area contributed by atoms with Crippen molar-refractivity contribution in [1.82, 2.24) is 39.9 Å². The minimum Gasteiger partial charge on any atom is -0.470 e. The minimum absolute atomic E-state index is 0.479. The summed E-state index contributed by atoms with van der Waals surface area (Å²) in [5, 5.41) is 4.87. The van der Waals surface area contributed by atoms with Crippen LogP contribution in [-0.4, -0.2) is 39.9 Å². The molecule has 9 nitrogen and oxygen atoms in total. The average Bonchev–Trinajstić information content (AvgIpc) is 4.07. The Balaban J connectivity index is 1.34. The fraction of sp³-hybridized carbons (Fsp3) is 0.0400. The van der Waals surface area contributed by atoms with Crippen molar-refractivity contribution >= 4 is 65.8 Å². The van der Waals surface area contributed by atoms with Gasteiger partial charge in [0.15, 0.2) is 17.0 Å². The number of aromatic nitrogens is 8. The minimum atomic E-state index is -1.56. The van der Waals surface area contributed by atoms with Gasteiger partial charge in [-0.3, -0.25) is 9.97 Å². The quantitative estimate of drug-likeness (QED) is 0.173. The lowest BCUT2D eigenvalue weighted by Gasteiger charge is -2.43. The SMILES string of the molecule is c1c[nH]c(C2(c3ncc4ccccc4n3)C(c3nccc4ccccc34)=C(c3ccc4ccccc4n3)OC2(c2cnc3ccccc3n2)c2cc3ccccc3[nH]2)c1. The number of rotatable bonds is 6. The zero-order chi connectivity index (χ0) is 39.0. The number of pyridine rings is 2. The third-order valence-electron chi connectivity index (χ3n) is 11.7. The Morgan fingerprint density at radius 3 is 2.07 bits per heavy atom. The molecule has 11 aromatic rings. The molecule has 0 amide bonds. The van der Waals surface area contributed by atoms with Crippen LogP contribution in [-0.2, 0) is 15.8 Å². The molecule has 0 saturated heterocycles.